The van der Waals surface area contributed by atoms with Gasteiger partial charge >= 0.3 is 0 Å². The monoisotopic (exact) mass is 278 g/mol. The molecule has 0 atom stereocenters. The quantitative estimate of drug-likeness (QED) is 0.708. The molecule has 1 aromatic rings. The summed E-state index contributed by atoms with van der Waals surface area (Å²) in [6, 6.07) is 6.89. The van der Waals surface area contributed by atoms with E-state index in [4.69, 9.17) is 5.11 Å². The third-order valence-corrected chi connectivity index (χ3v) is 3.00. The second-order valence-corrected chi connectivity index (χ2v) is 4.63. The van der Waals surface area contributed by atoms with Crippen LogP contribution in [0.5, 0.6) is 0 Å². The van der Waals surface area contributed by atoms with Crippen molar-refractivity contribution in [2.24, 2.45) is 0 Å². The average Bonchev–Trinajstić information content (AvgIpc) is 2.43. The van der Waals surface area contributed by atoms with E-state index in [1.165, 1.54) is 6.92 Å². The van der Waals surface area contributed by atoms with Crippen molar-refractivity contribution in [1.82, 2.24) is 4.90 Å². The molecule has 0 heterocycles. The van der Waals surface area contributed by atoms with Crippen molar-refractivity contribution in [2.75, 3.05) is 31.6 Å². The summed E-state index contributed by atoms with van der Waals surface area (Å²) in [5, 5.41) is 11.6. The van der Waals surface area contributed by atoms with Gasteiger partial charge in [0.2, 0.25) is 5.91 Å². The molecular formula is C15H22N2O3. The molecule has 1 amide bonds. The second kappa shape index (κ2) is 8.45. The van der Waals surface area contributed by atoms with Crippen molar-refractivity contribution < 1.29 is 14.7 Å². The van der Waals surface area contributed by atoms with Crippen molar-refractivity contribution in [2.45, 2.75) is 20.3 Å². The number of ketones is 1. The van der Waals surface area contributed by atoms with Gasteiger partial charge in [0.25, 0.3) is 0 Å². The van der Waals surface area contributed by atoms with Crippen LogP contribution in [0, 0.1) is 0 Å². The van der Waals surface area contributed by atoms with Crippen LogP contribution in [0.4, 0.5) is 5.69 Å². The fourth-order valence-electron chi connectivity index (χ4n) is 1.86. The fraction of sp³-hybridized carbons (Fsp3) is 0.467. The van der Waals surface area contributed by atoms with E-state index in [9.17, 15) is 9.59 Å². The lowest BCUT2D eigenvalue weighted by molar-refractivity contribution is -0.117. The minimum Gasteiger partial charge on any atom is -0.396 e. The first-order valence-electron chi connectivity index (χ1n) is 6.81. The Morgan fingerprint density at radius 2 is 2.10 bits per heavy atom. The smallest absolute Gasteiger partial charge is 0.238 e. The van der Waals surface area contributed by atoms with E-state index in [2.05, 4.69) is 5.32 Å². The van der Waals surface area contributed by atoms with Crippen LogP contribution in [-0.4, -0.2) is 47.9 Å². The first-order chi connectivity index (χ1) is 9.56. The predicted molar refractivity (Wildman–Crippen MR) is 78.9 cm³/mol. The number of benzene rings is 1. The molecule has 0 aliphatic carbocycles. The molecule has 0 aliphatic rings. The van der Waals surface area contributed by atoms with Crippen LogP contribution in [0.15, 0.2) is 24.3 Å². The van der Waals surface area contributed by atoms with Gasteiger partial charge in [-0.15, -0.1) is 0 Å². The highest BCUT2D eigenvalue weighted by Crippen LogP contribution is 2.11. The van der Waals surface area contributed by atoms with Gasteiger partial charge in [0.15, 0.2) is 5.78 Å². The third kappa shape index (κ3) is 5.50. The van der Waals surface area contributed by atoms with Crippen molar-refractivity contribution in [3.8, 4) is 0 Å². The Morgan fingerprint density at radius 1 is 1.35 bits per heavy atom. The lowest BCUT2D eigenvalue weighted by atomic mass is 10.1. The minimum absolute atomic E-state index is 0.0285. The molecule has 5 heteroatoms. The van der Waals surface area contributed by atoms with Gasteiger partial charge in [0.05, 0.1) is 6.54 Å². The molecule has 0 aliphatic heterocycles. The molecule has 5 nitrogen and oxygen atoms in total. The summed E-state index contributed by atoms with van der Waals surface area (Å²) in [7, 11) is 0. The van der Waals surface area contributed by atoms with Crippen LogP contribution in [0.3, 0.4) is 0 Å². The molecule has 0 saturated carbocycles. The van der Waals surface area contributed by atoms with E-state index in [1.807, 2.05) is 11.8 Å². The van der Waals surface area contributed by atoms with Crippen LogP contribution < -0.4 is 5.32 Å². The Kier molecular flexibility index (Phi) is 6.90. The molecular weight excluding hydrogens is 256 g/mol. The summed E-state index contributed by atoms with van der Waals surface area (Å²) in [5.41, 5.74) is 1.20. The highest BCUT2D eigenvalue weighted by molar-refractivity contribution is 5.97. The third-order valence-electron chi connectivity index (χ3n) is 3.00. The SMILES string of the molecule is CCN(CCCO)CC(=O)Nc1cccc(C(C)=O)c1. The van der Waals surface area contributed by atoms with Crippen molar-refractivity contribution in [3.05, 3.63) is 29.8 Å². The van der Waals surface area contributed by atoms with E-state index in [-0.39, 0.29) is 24.8 Å². The Balaban J connectivity index is 2.57. The molecule has 110 valence electrons. The number of hydrogen-bond donors (Lipinski definition) is 2. The van der Waals surface area contributed by atoms with Crippen LogP contribution in [0.1, 0.15) is 30.6 Å². The fourth-order valence-corrected chi connectivity index (χ4v) is 1.86. The second-order valence-electron chi connectivity index (χ2n) is 4.63. The van der Waals surface area contributed by atoms with Crippen LogP contribution >= 0.6 is 0 Å². The van der Waals surface area contributed by atoms with Crippen molar-refractivity contribution in [3.63, 3.8) is 0 Å². The van der Waals surface area contributed by atoms with Gasteiger partial charge in [-0.05, 0) is 32.0 Å². The normalized spacial score (nSPS) is 10.6. The van der Waals surface area contributed by atoms with E-state index < -0.39 is 0 Å². The highest BCUT2D eigenvalue weighted by Gasteiger charge is 2.09. The summed E-state index contributed by atoms with van der Waals surface area (Å²) in [6.45, 7) is 5.31. The molecule has 1 rings (SSSR count). The summed E-state index contributed by atoms with van der Waals surface area (Å²) >= 11 is 0. The van der Waals surface area contributed by atoms with Gasteiger partial charge < -0.3 is 10.4 Å². The van der Waals surface area contributed by atoms with Gasteiger partial charge in [-0.1, -0.05) is 19.1 Å². The molecule has 0 aromatic heterocycles. The van der Waals surface area contributed by atoms with Crippen LogP contribution in [0.2, 0.25) is 0 Å². The number of rotatable bonds is 8. The topological polar surface area (TPSA) is 69.6 Å². The van der Waals surface area contributed by atoms with Gasteiger partial charge in [-0.25, -0.2) is 0 Å². The van der Waals surface area contributed by atoms with E-state index in [1.54, 1.807) is 24.3 Å². The maximum absolute atomic E-state index is 11.9. The number of aliphatic hydroxyl groups is 1. The van der Waals surface area contributed by atoms with Crippen molar-refractivity contribution in [1.29, 1.82) is 0 Å². The van der Waals surface area contributed by atoms with E-state index >= 15 is 0 Å². The highest BCUT2D eigenvalue weighted by atomic mass is 16.3. The standard InChI is InChI=1S/C15H22N2O3/c1-3-17(8-5-9-18)11-15(20)16-14-7-4-6-13(10-14)12(2)19/h4,6-7,10,18H,3,5,8-9,11H2,1-2H3,(H,16,20). The Hall–Kier alpha value is -1.72. The molecule has 0 unspecified atom stereocenters. The zero-order valence-electron chi connectivity index (χ0n) is 12.1. The number of hydrogen-bond acceptors (Lipinski definition) is 4. The number of Topliss-reactive ketones (excluding diaryl/α,β-unsaturated/α-hetero) is 1. The predicted octanol–water partition coefficient (Wildman–Crippen LogP) is 1.53. The average molecular weight is 278 g/mol. The van der Waals surface area contributed by atoms with Gasteiger partial charge in [-0.2, -0.15) is 0 Å². The molecule has 2 N–H and O–H groups in total. The summed E-state index contributed by atoms with van der Waals surface area (Å²) in [5.74, 6) is -0.148. The molecule has 0 fully saturated rings. The molecule has 1 aromatic carbocycles. The first kappa shape index (κ1) is 16.3. The minimum atomic E-state index is -0.120. The number of nitrogens with zero attached hydrogens (tertiary/aromatic N) is 1. The van der Waals surface area contributed by atoms with Crippen LogP contribution in [0.25, 0.3) is 0 Å². The molecule has 0 bridgehead atoms. The number of carbonyl (C=O) groups excluding carboxylic acids is 2. The summed E-state index contributed by atoms with van der Waals surface area (Å²) in [4.78, 5) is 25.2. The van der Waals surface area contributed by atoms with Crippen molar-refractivity contribution >= 4 is 17.4 Å². The number of carbonyl (C=O) groups is 2. The zero-order chi connectivity index (χ0) is 15.0. The molecule has 20 heavy (non-hydrogen) atoms. The Labute approximate surface area is 119 Å². The Bertz CT molecular complexity index is 460. The zero-order valence-corrected chi connectivity index (χ0v) is 12.1. The maximum atomic E-state index is 11.9. The molecule has 0 spiro atoms. The lowest BCUT2D eigenvalue weighted by Gasteiger charge is -2.19. The first-order valence-corrected chi connectivity index (χ1v) is 6.81. The molecule has 0 saturated heterocycles. The number of aliphatic hydroxyl groups excluding tert-OH is 1. The Morgan fingerprint density at radius 3 is 2.70 bits per heavy atom. The number of amides is 1. The number of anilines is 1. The lowest BCUT2D eigenvalue weighted by Crippen LogP contribution is -2.34. The van der Waals surface area contributed by atoms with Crippen LogP contribution in [-0.2, 0) is 4.79 Å². The largest absolute Gasteiger partial charge is 0.396 e. The maximum Gasteiger partial charge on any atom is 0.238 e. The van der Waals surface area contributed by atoms with Gasteiger partial charge in [0.1, 0.15) is 0 Å². The van der Waals surface area contributed by atoms with Gasteiger partial charge in [0, 0.05) is 24.4 Å². The van der Waals surface area contributed by atoms with E-state index in [0.29, 0.717) is 24.2 Å². The number of likely N-dealkylation sites (N-methyl/N-ethyl adjacent to an activating group) is 1. The number of nitrogens with one attached hydrogen (secondary N) is 1. The molecule has 0 radical (unpaired) electrons. The summed E-state index contributed by atoms with van der Waals surface area (Å²) in [6.07, 6.45) is 0.654. The van der Waals surface area contributed by atoms with E-state index in [0.717, 1.165) is 6.54 Å². The van der Waals surface area contributed by atoms with Gasteiger partial charge in [-0.3, -0.25) is 14.5 Å². The summed E-state index contributed by atoms with van der Waals surface area (Å²) < 4.78 is 0.